The number of rotatable bonds is 3. The second kappa shape index (κ2) is 8.19. The van der Waals surface area contributed by atoms with E-state index in [4.69, 9.17) is 5.73 Å². The van der Waals surface area contributed by atoms with Crippen LogP contribution >= 0.6 is 0 Å². The van der Waals surface area contributed by atoms with E-state index in [1.165, 1.54) is 11.2 Å². The van der Waals surface area contributed by atoms with Crippen molar-refractivity contribution < 1.29 is 23.1 Å². The highest BCUT2D eigenvalue weighted by Crippen LogP contribution is 2.43. The number of nitrogens with two attached hydrogens (primary N) is 1. The van der Waals surface area contributed by atoms with E-state index in [0.29, 0.717) is 67.2 Å². The monoisotopic (exact) mass is 473 g/mol. The first-order chi connectivity index (χ1) is 16.2. The third-order valence-electron chi connectivity index (χ3n) is 6.26. The summed E-state index contributed by atoms with van der Waals surface area (Å²) in [5.74, 6) is 0.622. The van der Waals surface area contributed by atoms with Crippen LogP contribution in [0.3, 0.4) is 0 Å². The molecule has 1 amide bonds. The molecule has 0 atom stereocenters. The molecule has 0 unspecified atom stereocenters. The highest BCUT2D eigenvalue weighted by molar-refractivity contribution is 5.98. The fraction of sp³-hybridized carbons (Fsp3) is 0.364. The number of amides is 1. The summed E-state index contributed by atoms with van der Waals surface area (Å²) in [6.45, 7) is 2.99. The van der Waals surface area contributed by atoms with E-state index >= 15 is 0 Å². The SMILES string of the molecule is Nc1ccc(C(F)(F)F)c(-c2cc3ncnc(N4CCN(C(=O)O)CC4)c3cc2N2CCC2)n1. The third-order valence-corrected chi connectivity index (χ3v) is 6.26. The Bertz CT molecular complexity index is 1260. The Labute approximate surface area is 192 Å². The zero-order valence-electron chi connectivity index (χ0n) is 18.1. The maximum absolute atomic E-state index is 13.8. The van der Waals surface area contributed by atoms with Crippen molar-refractivity contribution >= 4 is 34.3 Å². The summed E-state index contributed by atoms with van der Waals surface area (Å²) in [5.41, 5.74) is 6.09. The first kappa shape index (κ1) is 22.0. The minimum atomic E-state index is -4.60. The molecule has 34 heavy (non-hydrogen) atoms. The molecule has 178 valence electrons. The van der Waals surface area contributed by atoms with E-state index < -0.39 is 17.8 Å². The van der Waals surface area contributed by atoms with E-state index in [1.54, 1.807) is 6.07 Å². The van der Waals surface area contributed by atoms with Crippen LogP contribution in [0.4, 0.5) is 35.3 Å². The first-order valence-electron chi connectivity index (χ1n) is 10.8. The molecule has 0 saturated carbocycles. The molecule has 3 aromatic rings. The van der Waals surface area contributed by atoms with Gasteiger partial charge in [0.2, 0.25) is 0 Å². The fourth-order valence-corrected chi connectivity index (χ4v) is 4.36. The Morgan fingerprint density at radius 1 is 1.00 bits per heavy atom. The Hall–Kier alpha value is -3.83. The van der Waals surface area contributed by atoms with Crippen LogP contribution in [0.1, 0.15) is 12.0 Å². The molecule has 5 rings (SSSR count). The third kappa shape index (κ3) is 3.88. The molecular weight excluding hydrogens is 451 g/mol. The molecule has 4 heterocycles. The van der Waals surface area contributed by atoms with E-state index in [-0.39, 0.29) is 11.5 Å². The average molecular weight is 473 g/mol. The van der Waals surface area contributed by atoms with Crippen molar-refractivity contribution in [1.29, 1.82) is 0 Å². The van der Waals surface area contributed by atoms with Crippen LogP contribution in [-0.2, 0) is 6.18 Å². The van der Waals surface area contributed by atoms with Gasteiger partial charge in [-0.25, -0.2) is 19.7 Å². The molecule has 0 spiro atoms. The van der Waals surface area contributed by atoms with Crippen LogP contribution in [-0.4, -0.2) is 70.3 Å². The van der Waals surface area contributed by atoms with Gasteiger partial charge in [0.15, 0.2) is 0 Å². The Kier molecular flexibility index (Phi) is 5.29. The zero-order valence-corrected chi connectivity index (χ0v) is 18.1. The number of benzene rings is 1. The number of hydrogen-bond acceptors (Lipinski definition) is 7. The summed E-state index contributed by atoms with van der Waals surface area (Å²) >= 11 is 0. The lowest BCUT2D eigenvalue weighted by Gasteiger charge is -2.36. The predicted octanol–water partition coefficient (Wildman–Crippen LogP) is 3.30. The topological polar surface area (TPSA) is 112 Å². The second-order valence-electron chi connectivity index (χ2n) is 8.31. The van der Waals surface area contributed by atoms with Crippen LogP contribution in [0.2, 0.25) is 0 Å². The van der Waals surface area contributed by atoms with Gasteiger partial charge in [0.1, 0.15) is 18.0 Å². The molecule has 1 aromatic carbocycles. The van der Waals surface area contributed by atoms with Crippen molar-refractivity contribution in [2.75, 3.05) is 54.8 Å². The molecule has 2 aliphatic heterocycles. The molecule has 3 N–H and O–H groups in total. The molecule has 0 bridgehead atoms. The Balaban J connectivity index is 1.65. The molecule has 2 fully saturated rings. The van der Waals surface area contributed by atoms with Gasteiger partial charge in [0.25, 0.3) is 0 Å². The number of anilines is 3. The summed E-state index contributed by atoms with van der Waals surface area (Å²) < 4.78 is 41.5. The summed E-state index contributed by atoms with van der Waals surface area (Å²) in [6.07, 6.45) is -3.26. The molecule has 2 aromatic heterocycles. The molecule has 9 nitrogen and oxygen atoms in total. The Morgan fingerprint density at radius 3 is 2.35 bits per heavy atom. The minimum Gasteiger partial charge on any atom is -0.465 e. The molecule has 0 aliphatic carbocycles. The van der Waals surface area contributed by atoms with E-state index in [9.17, 15) is 23.1 Å². The summed E-state index contributed by atoms with van der Waals surface area (Å²) in [5, 5.41) is 9.91. The number of pyridine rings is 1. The molecule has 12 heteroatoms. The number of nitrogen functional groups attached to an aromatic ring is 1. The van der Waals surface area contributed by atoms with Crippen LogP contribution < -0.4 is 15.5 Å². The Morgan fingerprint density at radius 2 is 1.74 bits per heavy atom. The van der Waals surface area contributed by atoms with Crippen LogP contribution in [0.5, 0.6) is 0 Å². The quantitative estimate of drug-likeness (QED) is 0.596. The van der Waals surface area contributed by atoms with Crippen molar-refractivity contribution in [3.63, 3.8) is 0 Å². The molecular formula is C22H22F3N7O2. The van der Waals surface area contributed by atoms with Crippen LogP contribution in [0.15, 0.2) is 30.6 Å². The first-order valence-corrected chi connectivity index (χ1v) is 10.8. The van der Waals surface area contributed by atoms with Gasteiger partial charge in [-0.2, -0.15) is 13.2 Å². The number of halogens is 3. The van der Waals surface area contributed by atoms with E-state index in [1.807, 2.05) is 15.9 Å². The van der Waals surface area contributed by atoms with Crippen molar-refractivity contribution in [3.05, 3.63) is 36.2 Å². The van der Waals surface area contributed by atoms with Gasteiger partial charge < -0.3 is 25.5 Å². The minimum absolute atomic E-state index is 0.00247. The van der Waals surface area contributed by atoms with E-state index in [0.717, 1.165) is 18.6 Å². The number of nitrogens with zero attached hydrogens (tertiary/aromatic N) is 6. The lowest BCUT2D eigenvalue weighted by molar-refractivity contribution is -0.137. The second-order valence-corrected chi connectivity index (χ2v) is 8.31. The fourth-order valence-electron chi connectivity index (χ4n) is 4.36. The van der Waals surface area contributed by atoms with Gasteiger partial charge in [0.05, 0.1) is 16.8 Å². The number of piperazine rings is 1. The van der Waals surface area contributed by atoms with Crippen molar-refractivity contribution in [2.45, 2.75) is 12.6 Å². The molecule has 2 saturated heterocycles. The lowest BCUT2D eigenvalue weighted by atomic mass is 9.98. The van der Waals surface area contributed by atoms with Gasteiger partial charge in [-0.05, 0) is 30.7 Å². The predicted molar refractivity (Wildman–Crippen MR) is 121 cm³/mol. The average Bonchev–Trinajstić information content (AvgIpc) is 2.76. The highest BCUT2D eigenvalue weighted by atomic mass is 19.4. The summed E-state index contributed by atoms with van der Waals surface area (Å²) in [7, 11) is 0. The molecule has 0 radical (unpaired) electrons. The van der Waals surface area contributed by atoms with Gasteiger partial charge >= 0.3 is 12.3 Å². The number of alkyl halides is 3. The number of carboxylic acid groups (broad SMARTS) is 1. The summed E-state index contributed by atoms with van der Waals surface area (Å²) in [4.78, 5) is 29.4. The number of hydrogen-bond donors (Lipinski definition) is 2. The number of fused-ring (bicyclic) bond motifs is 1. The zero-order chi connectivity index (χ0) is 24.0. The summed E-state index contributed by atoms with van der Waals surface area (Å²) in [6, 6.07) is 5.52. The van der Waals surface area contributed by atoms with Crippen molar-refractivity contribution in [2.24, 2.45) is 0 Å². The van der Waals surface area contributed by atoms with Crippen LogP contribution in [0, 0.1) is 0 Å². The lowest BCUT2D eigenvalue weighted by Crippen LogP contribution is -2.48. The van der Waals surface area contributed by atoms with Crippen LogP contribution in [0.25, 0.3) is 22.2 Å². The standard InChI is InChI=1S/C22H22F3N7O2/c23-22(24,25)15-2-3-18(26)29-19(15)14-10-16-13(11-17(14)30-4-1-5-30)20(28-12-27-16)31-6-8-32(9-7-31)21(33)34/h2-3,10-12H,1,4-9H2,(H2,26,29)(H,33,34). The maximum atomic E-state index is 13.8. The van der Waals surface area contributed by atoms with Crippen molar-refractivity contribution in [1.82, 2.24) is 19.9 Å². The highest BCUT2D eigenvalue weighted by Gasteiger charge is 2.36. The van der Waals surface area contributed by atoms with Gasteiger partial charge in [0, 0.05) is 55.9 Å². The van der Waals surface area contributed by atoms with E-state index in [2.05, 4.69) is 15.0 Å². The van der Waals surface area contributed by atoms with Gasteiger partial charge in [-0.3, -0.25) is 0 Å². The number of aromatic nitrogens is 3. The normalized spacial score (nSPS) is 16.6. The number of carbonyl (C=O) groups is 1. The van der Waals surface area contributed by atoms with Gasteiger partial charge in [-0.1, -0.05) is 0 Å². The maximum Gasteiger partial charge on any atom is 0.418 e. The van der Waals surface area contributed by atoms with Gasteiger partial charge in [-0.15, -0.1) is 0 Å². The largest absolute Gasteiger partial charge is 0.465 e. The smallest absolute Gasteiger partial charge is 0.418 e. The molecule has 2 aliphatic rings. The van der Waals surface area contributed by atoms with Crippen molar-refractivity contribution in [3.8, 4) is 11.3 Å².